The summed E-state index contributed by atoms with van der Waals surface area (Å²) in [5, 5.41) is 0. The van der Waals surface area contributed by atoms with Gasteiger partial charge in [0.15, 0.2) is 5.78 Å². The molecule has 0 saturated carbocycles. The van der Waals surface area contributed by atoms with Crippen molar-refractivity contribution in [2.45, 2.75) is 40.5 Å². The van der Waals surface area contributed by atoms with E-state index in [1.807, 2.05) is 38.2 Å². The highest BCUT2D eigenvalue weighted by Gasteiger charge is 2.42. The topological polar surface area (TPSA) is 60.4 Å². The van der Waals surface area contributed by atoms with Crippen LogP contribution in [-0.2, 0) is 19.1 Å². The molecule has 0 radical (unpaired) electrons. The van der Waals surface area contributed by atoms with E-state index in [2.05, 4.69) is 11.8 Å². The van der Waals surface area contributed by atoms with E-state index >= 15 is 0 Å². The third-order valence-corrected chi connectivity index (χ3v) is 3.91. The highest BCUT2D eigenvalue weighted by Crippen LogP contribution is 2.41. The Morgan fingerprint density at radius 1 is 1.38 bits per heavy atom. The van der Waals surface area contributed by atoms with Gasteiger partial charge in [0.1, 0.15) is 0 Å². The van der Waals surface area contributed by atoms with E-state index in [1.54, 1.807) is 19.9 Å². The molecular weight excluding hydrogens is 304 g/mol. The Bertz CT molecular complexity index is 655. The van der Waals surface area contributed by atoms with Gasteiger partial charge in [0.05, 0.1) is 12.0 Å². The summed E-state index contributed by atoms with van der Waals surface area (Å²) in [6.07, 6.45) is 10.1. The Labute approximate surface area is 143 Å². The third-order valence-electron chi connectivity index (χ3n) is 3.91. The van der Waals surface area contributed by atoms with Gasteiger partial charge in [-0.15, -0.1) is 0 Å². The van der Waals surface area contributed by atoms with Crippen LogP contribution in [0.15, 0.2) is 36.0 Å². The fourth-order valence-corrected chi connectivity index (χ4v) is 2.57. The van der Waals surface area contributed by atoms with Crippen LogP contribution in [0.2, 0.25) is 0 Å². The van der Waals surface area contributed by atoms with Gasteiger partial charge in [-0.3, -0.25) is 9.59 Å². The van der Waals surface area contributed by atoms with E-state index in [9.17, 15) is 14.4 Å². The van der Waals surface area contributed by atoms with Gasteiger partial charge >= 0.3 is 5.97 Å². The number of Topliss-reactive ketones (excluding diaryl/α,β-unsaturated/α-hetero) is 1. The first-order chi connectivity index (χ1) is 11.3. The predicted molar refractivity (Wildman–Crippen MR) is 93.0 cm³/mol. The summed E-state index contributed by atoms with van der Waals surface area (Å²) >= 11 is 0. The second-order valence-electron chi connectivity index (χ2n) is 6.04. The quantitative estimate of drug-likeness (QED) is 0.247. The molecule has 128 valence electrons. The lowest BCUT2D eigenvalue weighted by molar-refractivity contribution is -0.136. The van der Waals surface area contributed by atoms with Crippen molar-refractivity contribution < 1.29 is 19.1 Å². The molecule has 0 aliphatic heterocycles. The summed E-state index contributed by atoms with van der Waals surface area (Å²) in [5.41, 5.74) is -0.187. The Kier molecular flexibility index (Phi) is 7.38. The first-order valence-electron chi connectivity index (χ1n) is 8.10. The fraction of sp³-hybridized carbons (Fsp3) is 0.450. The van der Waals surface area contributed by atoms with Crippen molar-refractivity contribution in [2.24, 2.45) is 11.3 Å². The first kappa shape index (κ1) is 19.6. The Balaban J connectivity index is 2.91. The maximum absolute atomic E-state index is 12.5. The zero-order valence-corrected chi connectivity index (χ0v) is 14.7. The monoisotopic (exact) mass is 328 g/mol. The van der Waals surface area contributed by atoms with Crippen LogP contribution in [0, 0.1) is 23.2 Å². The zero-order chi connectivity index (χ0) is 18.2. The van der Waals surface area contributed by atoms with Gasteiger partial charge in [-0.05, 0) is 45.1 Å². The molecule has 0 fully saturated rings. The van der Waals surface area contributed by atoms with Crippen molar-refractivity contribution >= 4 is 17.5 Å². The lowest BCUT2D eigenvalue weighted by Gasteiger charge is -2.24. The average Bonchev–Trinajstić information content (AvgIpc) is 2.80. The van der Waals surface area contributed by atoms with E-state index < -0.39 is 17.2 Å². The summed E-state index contributed by atoms with van der Waals surface area (Å²) in [5.74, 6) is 3.49. The number of hydrogen-bond acceptors (Lipinski definition) is 4. The van der Waals surface area contributed by atoms with Gasteiger partial charge in [-0.25, -0.2) is 4.79 Å². The number of hydrogen-bond donors (Lipinski definition) is 0. The summed E-state index contributed by atoms with van der Waals surface area (Å²) < 4.78 is 4.69. The molecule has 0 N–H and O–H groups in total. The van der Waals surface area contributed by atoms with Crippen molar-refractivity contribution in [3.05, 3.63) is 36.0 Å². The smallest absolute Gasteiger partial charge is 0.384 e. The molecule has 24 heavy (non-hydrogen) atoms. The van der Waals surface area contributed by atoms with E-state index in [0.29, 0.717) is 6.42 Å². The Hall–Kier alpha value is -2.41. The number of esters is 1. The molecule has 1 aliphatic rings. The van der Waals surface area contributed by atoms with Crippen LogP contribution in [0.4, 0.5) is 0 Å². The number of carbonyl (C=O) groups excluding carboxylic acids is 3. The van der Waals surface area contributed by atoms with Gasteiger partial charge in [0, 0.05) is 12.3 Å². The second kappa shape index (κ2) is 9.02. The van der Waals surface area contributed by atoms with Gasteiger partial charge in [-0.1, -0.05) is 36.8 Å². The number of ketones is 2. The lowest BCUT2D eigenvalue weighted by Crippen LogP contribution is -2.28. The van der Waals surface area contributed by atoms with Crippen molar-refractivity contribution in [2.75, 3.05) is 6.61 Å². The van der Waals surface area contributed by atoms with Crippen molar-refractivity contribution in [1.29, 1.82) is 0 Å². The maximum Gasteiger partial charge on any atom is 0.384 e. The molecule has 1 aliphatic carbocycles. The minimum atomic E-state index is -0.959. The number of carbonyl (C=O) groups is 3. The molecule has 2 atom stereocenters. The molecule has 0 bridgehead atoms. The van der Waals surface area contributed by atoms with Crippen molar-refractivity contribution in [1.82, 2.24) is 0 Å². The summed E-state index contributed by atoms with van der Waals surface area (Å²) in [6, 6.07) is 0. The van der Waals surface area contributed by atoms with Crippen molar-refractivity contribution in [3.63, 3.8) is 0 Å². The predicted octanol–water partition coefficient (Wildman–Crippen LogP) is 3.19. The SMILES string of the molecule is C/C=C/C=C/[C@@H](C)CC1=CC(=O)C[C@]1(C)C(=O)C#CC(=O)OCC. The van der Waals surface area contributed by atoms with E-state index in [1.165, 1.54) is 0 Å². The summed E-state index contributed by atoms with van der Waals surface area (Å²) in [6.45, 7) is 7.55. The minimum Gasteiger partial charge on any atom is -0.456 e. The van der Waals surface area contributed by atoms with E-state index in [-0.39, 0.29) is 24.7 Å². The normalized spacial score (nSPS) is 21.5. The van der Waals surface area contributed by atoms with Crippen LogP contribution in [-0.4, -0.2) is 24.1 Å². The van der Waals surface area contributed by atoms with Crippen LogP contribution in [0.3, 0.4) is 0 Å². The van der Waals surface area contributed by atoms with Gasteiger partial charge in [0.25, 0.3) is 0 Å². The van der Waals surface area contributed by atoms with Crippen LogP contribution in [0.5, 0.6) is 0 Å². The van der Waals surface area contributed by atoms with E-state index in [0.717, 1.165) is 5.57 Å². The summed E-state index contributed by atoms with van der Waals surface area (Å²) in [7, 11) is 0. The molecule has 4 nitrogen and oxygen atoms in total. The molecule has 4 heteroatoms. The molecule has 0 heterocycles. The largest absolute Gasteiger partial charge is 0.456 e. The molecule has 0 aromatic rings. The maximum atomic E-state index is 12.5. The molecule has 0 spiro atoms. The molecule has 0 saturated heterocycles. The highest BCUT2D eigenvalue weighted by molar-refractivity contribution is 6.11. The molecule has 0 aromatic heterocycles. The van der Waals surface area contributed by atoms with E-state index in [4.69, 9.17) is 4.74 Å². The number of ether oxygens (including phenoxy) is 1. The molecule has 0 aromatic carbocycles. The van der Waals surface area contributed by atoms with Crippen LogP contribution < -0.4 is 0 Å². The number of allylic oxidation sites excluding steroid dienone is 6. The van der Waals surface area contributed by atoms with Crippen LogP contribution >= 0.6 is 0 Å². The molecular formula is C20H24O4. The zero-order valence-electron chi connectivity index (χ0n) is 14.7. The highest BCUT2D eigenvalue weighted by atomic mass is 16.5. The minimum absolute atomic E-state index is 0.0802. The fourth-order valence-electron chi connectivity index (χ4n) is 2.57. The van der Waals surface area contributed by atoms with Gasteiger partial charge < -0.3 is 4.74 Å². The molecule has 0 unspecified atom stereocenters. The average molecular weight is 328 g/mol. The first-order valence-corrected chi connectivity index (χ1v) is 8.10. The second-order valence-corrected chi connectivity index (χ2v) is 6.04. The Morgan fingerprint density at radius 2 is 2.08 bits per heavy atom. The molecule has 0 amide bonds. The lowest BCUT2D eigenvalue weighted by atomic mass is 9.76. The third kappa shape index (κ3) is 5.34. The van der Waals surface area contributed by atoms with Gasteiger partial charge in [-0.2, -0.15) is 0 Å². The Morgan fingerprint density at radius 3 is 2.71 bits per heavy atom. The molecule has 1 rings (SSSR count). The standard InChI is InChI=1S/C20H24O4/c1-5-7-8-9-15(3)12-16-13-17(21)14-20(16,4)18(22)10-11-19(23)24-6-2/h5,7-9,13,15H,6,12,14H2,1-4H3/b7-5+,9-8+/t15-,20+/m1/s1. The van der Waals surface area contributed by atoms with Crippen LogP contribution in [0.1, 0.15) is 40.5 Å². The van der Waals surface area contributed by atoms with Crippen molar-refractivity contribution in [3.8, 4) is 11.8 Å². The van der Waals surface area contributed by atoms with Gasteiger partial charge in [0.2, 0.25) is 5.78 Å². The van der Waals surface area contributed by atoms with Crippen LogP contribution in [0.25, 0.3) is 0 Å². The summed E-state index contributed by atoms with van der Waals surface area (Å²) in [4.78, 5) is 35.6. The number of rotatable bonds is 6.